The van der Waals surface area contributed by atoms with Crippen LogP contribution in [0.4, 0.5) is 4.39 Å². The number of carbonyl (C=O) groups excluding carboxylic acids is 1. The maximum Gasteiger partial charge on any atom is 0.256 e. The molecule has 1 atom stereocenters. The lowest BCUT2D eigenvalue weighted by molar-refractivity contribution is -0.157. The Hall–Kier alpha value is -2.77. The quantitative estimate of drug-likeness (QED) is 0.672. The molecule has 1 saturated heterocycles. The number of benzene rings is 1. The number of hydrogen-bond donors (Lipinski definition) is 2. The number of likely N-dealkylation sites (tertiary alicyclic amines) is 1. The molecule has 4 rings (SSSR count). The Bertz CT molecular complexity index is 1020. The van der Waals surface area contributed by atoms with Crippen LogP contribution in [-0.4, -0.2) is 44.0 Å². The van der Waals surface area contributed by atoms with Crippen molar-refractivity contribution < 1.29 is 14.3 Å². The number of amides is 1. The van der Waals surface area contributed by atoms with Crippen LogP contribution in [0.1, 0.15) is 29.7 Å². The molecule has 0 radical (unpaired) electrons. The van der Waals surface area contributed by atoms with Gasteiger partial charge in [0.2, 0.25) is 0 Å². The Kier molecular flexibility index (Phi) is 5.34. The van der Waals surface area contributed by atoms with Crippen LogP contribution in [0.5, 0.6) is 0 Å². The van der Waals surface area contributed by atoms with E-state index >= 15 is 0 Å². The molecule has 6 nitrogen and oxygen atoms in total. The summed E-state index contributed by atoms with van der Waals surface area (Å²) in [5, 5.41) is 14.1. The molecule has 1 amide bonds. The number of hydrogen-bond acceptors (Lipinski definition) is 4. The number of imidazole rings is 1. The van der Waals surface area contributed by atoms with Crippen molar-refractivity contribution in [1.29, 1.82) is 0 Å². The normalized spacial score (nSPS) is 19.8. The molecule has 2 aromatic heterocycles. The van der Waals surface area contributed by atoms with Crippen molar-refractivity contribution in [2.24, 2.45) is 0 Å². The van der Waals surface area contributed by atoms with E-state index < -0.39 is 5.60 Å². The molecule has 1 unspecified atom stereocenters. The summed E-state index contributed by atoms with van der Waals surface area (Å²) in [6, 6.07) is 10.1. The maximum atomic E-state index is 13.1. The second kappa shape index (κ2) is 7.93. The molecule has 152 valence electrons. The van der Waals surface area contributed by atoms with Crippen LogP contribution in [-0.2, 0) is 17.9 Å². The zero-order chi connectivity index (χ0) is 20.4. The van der Waals surface area contributed by atoms with E-state index in [-0.39, 0.29) is 18.3 Å². The number of halogens is 1. The number of nitrogens with zero attached hydrogens (tertiary/aromatic N) is 3. The standard InChI is InChI=1S/C22H25FN4O2/c1-16-3-8-20-25-19(14-27(20)12-16)11-24-15-22(29)9-2-10-26(21(22)28)13-17-4-6-18(23)7-5-17/h3-8,12,14,24,29H,2,9-11,13,15H2,1H3. The highest BCUT2D eigenvalue weighted by Gasteiger charge is 2.41. The fraction of sp³-hybridized carbons (Fsp3) is 0.364. The van der Waals surface area contributed by atoms with Crippen LogP contribution < -0.4 is 5.32 Å². The van der Waals surface area contributed by atoms with Crippen LogP contribution in [0.2, 0.25) is 0 Å². The van der Waals surface area contributed by atoms with E-state index in [9.17, 15) is 14.3 Å². The molecule has 29 heavy (non-hydrogen) atoms. The largest absolute Gasteiger partial charge is 0.379 e. The zero-order valence-corrected chi connectivity index (χ0v) is 16.4. The van der Waals surface area contributed by atoms with Gasteiger partial charge in [-0.15, -0.1) is 0 Å². The van der Waals surface area contributed by atoms with Crippen molar-refractivity contribution in [3.8, 4) is 0 Å². The van der Waals surface area contributed by atoms with Crippen LogP contribution in [0.3, 0.4) is 0 Å². The first-order valence-corrected chi connectivity index (χ1v) is 9.84. The summed E-state index contributed by atoms with van der Waals surface area (Å²) in [4.78, 5) is 19.1. The third-order valence-electron chi connectivity index (χ3n) is 5.36. The first-order valence-electron chi connectivity index (χ1n) is 9.84. The van der Waals surface area contributed by atoms with Crippen molar-refractivity contribution >= 4 is 11.6 Å². The smallest absolute Gasteiger partial charge is 0.256 e. The number of carbonyl (C=O) groups is 1. The minimum Gasteiger partial charge on any atom is -0.379 e. The molecule has 3 heterocycles. The summed E-state index contributed by atoms with van der Waals surface area (Å²) in [7, 11) is 0. The predicted octanol–water partition coefficient (Wildman–Crippen LogP) is 2.43. The fourth-order valence-electron chi connectivity index (χ4n) is 3.83. The van der Waals surface area contributed by atoms with Crippen molar-refractivity contribution in [3.63, 3.8) is 0 Å². The molecule has 1 fully saturated rings. The summed E-state index contributed by atoms with van der Waals surface area (Å²) < 4.78 is 15.1. The Morgan fingerprint density at radius 1 is 1.21 bits per heavy atom. The lowest BCUT2D eigenvalue weighted by Gasteiger charge is -2.38. The number of aromatic nitrogens is 2. The fourth-order valence-corrected chi connectivity index (χ4v) is 3.83. The summed E-state index contributed by atoms with van der Waals surface area (Å²) in [5.74, 6) is -0.590. The summed E-state index contributed by atoms with van der Waals surface area (Å²) in [5.41, 5.74) is 2.28. The minimum absolute atomic E-state index is 0.165. The van der Waals surface area contributed by atoms with Crippen molar-refractivity contribution in [3.05, 3.63) is 71.4 Å². The molecular formula is C22H25FN4O2. The van der Waals surface area contributed by atoms with E-state index in [1.807, 2.05) is 35.9 Å². The van der Waals surface area contributed by atoms with Crippen molar-refractivity contribution in [1.82, 2.24) is 19.6 Å². The molecule has 0 bridgehead atoms. The van der Waals surface area contributed by atoms with Gasteiger partial charge in [0.25, 0.3) is 5.91 Å². The van der Waals surface area contributed by atoms with Crippen molar-refractivity contribution in [2.45, 2.75) is 38.5 Å². The van der Waals surface area contributed by atoms with Gasteiger partial charge in [0.15, 0.2) is 5.60 Å². The number of piperidine rings is 1. The first-order chi connectivity index (χ1) is 13.9. The Labute approximate surface area is 169 Å². The van der Waals surface area contributed by atoms with Crippen LogP contribution in [0, 0.1) is 12.7 Å². The monoisotopic (exact) mass is 396 g/mol. The second-order valence-corrected chi connectivity index (χ2v) is 7.80. The van der Waals surface area contributed by atoms with E-state index in [1.54, 1.807) is 17.0 Å². The average molecular weight is 396 g/mol. The van der Waals surface area contributed by atoms with Gasteiger partial charge in [-0.3, -0.25) is 4.79 Å². The average Bonchev–Trinajstić information content (AvgIpc) is 3.09. The van der Waals surface area contributed by atoms with E-state index in [2.05, 4.69) is 10.3 Å². The second-order valence-electron chi connectivity index (χ2n) is 7.80. The van der Waals surface area contributed by atoms with Crippen molar-refractivity contribution in [2.75, 3.05) is 13.1 Å². The summed E-state index contributed by atoms with van der Waals surface area (Å²) >= 11 is 0. The molecule has 0 spiro atoms. The molecule has 1 aliphatic heterocycles. The number of rotatable bonds is 6. The molecule has 1 aliphatic rings. The molecule has 2 N–H and O–H groups in total. The van der Waals surface area contributed by atoms with Gasteiger partial charge in [0, 0.05) is 38.6 Å². The number of fused-ring (bicyclic) bond motifs is 1. The van der Waals surface area contributed by atoms with E-state index in [1.165, 1.54) is 12.1 Å². The summed E-state index contributed by atoms with van der Waals surface area (Å²) in [6.45, 7) is 3.61. The van der Waals surface area contributed by atoms with E-state index in [4.69, 9.17) is 0 Å². The molecule has 0 aliphatic carbocycles. The SMILES string of the molecule is Cc1ccc2nc(CNCC3(O)CCCN(Cc4ccc(F)cc4)C3=O)cn2c1. The Morgan fingerprint density at radius 2 is 2.00 bits per heavy atom. The molecular weight excluding hydrogens is 371 g/mol. The van der Waals surface area contributed by atoms with Gasteiger partial charge in [-0.1, -0.05) is 18.2 Å². The van der Waals surface area contributed by atoms with Gasteiger partial charge < -0.3 is 19.7 Å². The van der Waals surface area contributed by atoms with Gasteiger partial charge in [-0.25, -0.2) is 9.37 Å². The van der Waals surface area contributed by atoms with E-state index in [0.29, 0.717) is 26.1 Å². The Morgan fingerprint density at radius 3 is 2.79 bits per heavy atom. The number of aliphatic hydroxyl groups is 1. The third-order valence-corrected chi connectivity index (χ3v) is 5.36. The molecule has 7 heteroatoms. The van der Waals surface area contributed by atoms with Gasteiger partial charge in [0.1, 0.15) is 11.5 Å². The number of pyridine rings is 1. The van der Waals surface area contributed by atoms with Crippen LogP contribution in [0.15, 0.2) is 48.8 Å². The summed E-state index contributed by atoms with van der Waals surface area (Å²) in [6.07, 6.45) is 5.10. The highest BCUT2D eigenvalue weighted by molar-refractivity contribution is 5.86. The van der Waals surface area contributed by atoms with E-state index in [0.717, 1.165) is 28.9 Å². The van der Waals surface area contributed by atoms with Crippen LogP contribution >= 0.6 is 0 Å². The van der Waals surface area contributed by atoms with Gasteiger partial charge >= 0.3 is 0 Å². The lowest BCUT2D eigenvalue weighted by Crippen LogP contribution is -2.57. The zero-order valence-electron chi connectivity index (χ0n) is 16.4. The topological polar surface area (TPSA) is 69.9 Å². The lowest BCUT2D eigenvalue weighted by atomic mass is 9.91. The number of aryl methyl sites for hydroxylation is 1. The minimum atomic E-state index is -1.44. The van der Waals surface area contributed by atoms with Gasteiger partial charge in [-0.05, 0) is 49.1 Å². The number of nitrogens with one attached hydrogen (secondary N) is 1. The maximum absolute atomic E-state index is 13.1. The highest BCUT2D eigenvalue weighted by Crippen LogP contribution is 2.24. The van der Waals surface area contributed by atoms with Crippen LogP contribution in [0.25, 0.3) is 5.65 Å². The highest BCUT2D eigenvalue weighted by atomic mass is 19.1. The van der Waals surface area contributed by atoms with Gasteiger partial charge in [-0.2, -0.15) is 0 Å². The third kappa shape index (κ3) is 4.31. The van der Waals surface area contributed by atoms with Gasteiger partial charge in [0.05, 0.1) is 5.69 Å². The Balaban J connectivity index is 1.37. The first kappa shape index (κ1) is 19.5. The predicted molar refractivity (Wildman–Crippen MR) is 108 cm³/mol. The molecule has 1 aromatic carbocycles. The molecule has 3 aromatic rings. The molecule has 0 saturated carbocycles.